The third-order valence-electron chi connectivity index (χ3n) is 3.31. The summed E-state index contributed by atoms with van der Waals surface area (Å²) < 4.78 is 28.0. The molecule has 3 rings (SSSR count). The van der Waals surface area contributed by atoms with Gasteiger partial charge in [0.25, 0.3) is 0 Å². The van der Waals surface area contributed by atoms with Crippen LogP contribution in [0, 0.1) is 0 Å². The number of aromatic nitrogens is 2. The van der Waals surface area contributed by atoms with E-state index < -0.39 is 21.2 Å². The number of carbonyl (C=O) groups excluding carboxylic acids is 1. The highest BCUT2D eigenvalue weighted by molar-refractivity contribution is 7.89. The molecule has 1 unspecified atom stereocenters. The minimum Gasteiger partial charge on any atom is -0.508 e. The number of rotatable bonds is 3. The first-order chi connectivity index (χ1) is 10.3. The van der Waals surface area contributed by atoms with Crippen LogP contribution in [0.2, 0.25) is 0 Å². The molecule has 2 aromatic rings. The zero-order valence-corrected chi connectivity index (χ0v) is 12.0. The molecule has 1 aromatic heterocycles. The zero-order chi connectivity index (χ0) is 15.9. The average Bonchev–Trinajstić information content (AvgIpc) is 3.05. The van der Waals surface area contributed by atoms with Crippen LogP contribution in [-0.2, 0) is 14.8 Å². The molecule has 1 atom stereocenters. The van der Waals surface area contributed by atoms with Gasteiger partial charge < -0.3 is 9.52 Å². The Hall–Kier alpha value is -2.46. The molecule has 0 saturated carbocycles. The first-order valence-corrected chi connectivity index (χ1v) is 7.90. The number of phenols is 1. The van der Waals surface area contributed by atoms with Crippen LogP contribution in [0.3, 0.4) is 0 Å². The van der Waals surface area contributed by atoms with Gasteiger partial charge in [-0.2, -0.15) is 0 Å². The van der Waals surface area contributed by atoms with Crippen LogP contribution in [0.15, 0.2) is 28.7 Å². The molecule has 3 N–H and O–H groups in total. The fraction of sp³-hybridized carbons (Fsp3) is 0.250. The molecule has 1 aliphatic heterocycles. The predicted molar refractivity (Wildman–Crippen MR) is 75.3 cm³/mol. The number of aromatic hydroxyl groups is 1. The van der Waals surface area contributed by atoms with Gasteiger partial charge in [0.2, 0.25) is 21.8 Å². The SMILES string of the molecule is NS(=O)(=O)C1CC(=O)N(c2nnc(-c3ccc(O)cc3)o2)C1. The van der Waals surface area contributed by atoms with Gasteiger partial charge in [-0.3, -0.25) is 9.69 Å². The van der Waals surface area contributed by atoms with E-state index in [0.29, 0.717) is 5.56 Å². The van der Waals surface area contributed by atoms with Crippen LogP contribution in [0.4, 0.5) is 6.01 Å². The lowest BCUT2D eigenvalue weighted by Crippen LogP contribution is -2.32. The summed E-state index contributed by atoms with van der Waals surface area (Å²) in [6.07, 6.45) is -0.213. The van der Waals surface area contributed by atoms with Crippen molar-refractivity contribution in [2.75, 3.05) is 11.4 Å². The summed E-state index contributed by atoms with van der Waals surface area (Å²) in [5.41, 5.74) is 0.561. The van der Waals surface area contributed by atoms with Crippen molar-refractivity contribution in [3.05, 3.63) is 24.3 Å². The number of nitrogens with two attached hydrogens (primary N) is 1. The van der Waals surface area contributed by atoms with Crippen molar-refractivity contribution in [1.29, 1.82) is 0 Å². The van der Waals surface area contributed by atoms with Gasteiger partial charge in [0.1, 0.15) is 11.0 Å². The molecule has 0 radical (unpaired) electrons. The summed E-state index contributed by atoms with van der Waals surface area (Å²) in [6, 6.07) is 5.98. The molecule has 1 aromatic carbocycles. The van der Waals surface area contributed by atoms with Gasteiger partial charge in [-0.25, -0.2) is 13.6 Å². The quantitative estimate of drug-likeness (QED) is 0.799. The van der Waals surface area contributed by atoms with E-state index in [1.807, 2.05) is 0 Å². The largest absolute Gasteiger partial charge is 0.508 e. The highest BCUT2D eigenvalue weighted by Crippen LogP contribution is 2.27. The Balaban J connectivity index is 1.85. The van der Waals surface area contributed by atoms with Gasteiger partial charge in [-0.05, 0) is 24.3 Å². The first kappa shape index (κ1) is 14.5. The standard InChI is InChI=1S/C12H12N4O5S/c13-22(19,20)9-5-10(18)16(6-9)12-15-14-11(21-12)7-1-3-8(17)4-2-7/h1-4,9,17H,5-6H2,(H2,13,19,20). The predicted octanol–water partition coefficient (Wildman–Crippen LogP) is -0.164. The van der Waals surface area contributed by atoms with Crippen molar-refractivity contribution in [2.24, 2.45) is 5.14 Å². The molecule has 0 bridgehead atoms. The van der Waals surface area contributed by atoms with E-state index in [1.54, 1.807) is 12.1 Å². The van der Waals surface area contributed by atoms with E-state index in [1.165, 1.54) is 12.1 Å². The third-order valence-corrected chi connectivity index (χ3v) is 4.56. The average molecular weight is 324 g/mol. The topological polar surface area (TPSA) is 140 Å². The lowest BCUT2D eigenvalue weighted by molar-refractivity contribution is -0.117. The molecule has 0 spiro atoms. The third kappa shape index (κ3) is 2.65. The maximum Gasteiger partial charge on any atom is 0.325 e. The van der Waals surface area contributed by atoms with Crippen molar-refractivity contribution < 1.29 is 22.7 Å². The molecule has 0 aliphatic carbocycles. The Morgan fingerprint density at radius 1 is 1.27 bits per heavy atom. The highest BCUT2D eigenvalue weighted by Gasteiger charge is 2.39. The smallest absolute Gasteiger partial charge is 0.325 e. The molecule has 1 saturated heterocycles. The molecule has 1 aliphatic rings. The number of hydrogen-bond acceptors (Lipinski definition) is 7. The second-order valence-electron chi connectivity index (χ2n) is 4.86. The van der Waals surface area contributed by atoms with Gasteiger partial charge >= 0.3 is 6.01 Å². The maximum atomic E-state index is 11.9. The molecule has 116 valence electrons. The summed E-state index contributed by atoms with van der Waals surface area (Å²) in [4.78, 5) is 13.0. The monoisotopic (exact) mass is 324 g/mol. The number of amides is 1. The van der Waals surface area contributed by atoms with E-state index in [-0.39, 0.29) is 30.6 Å². The summed E-state index contributed by atoms with van der Waals surface area (Å²) in [7, 11) is -3.81. The lowest BCUT2D eigenvalue weighted by Gasteiger charge is -2.09. The zero-order valence-electron chi connectivity index (χ0n) is 11.2. The van der Waals surface area contributed by atoms with Gasteiger partial charge in [-0.1, -0.05) is 5.10 Å². The van der Waals surface area contributed by atoms with Crippen molar-refractivity contribution in [3.63, 3.8) is 0 Å². The fourth-order valence-electron chi connectivity index (χ4n) is 2.13. The summed E-state index contributed by atoms with van der Waals surface area (Å²) in [5.74, 6) is -0.198. The van der Waals surface area contributed by atoms with Crippen LogP contribution in [0.1, 0.15) is 6.42 Å². The molecular formula is C12H12N4O5S. The van der Waals surface area contributed by atoms with E-state index >= 15 is 0 Å². The van der Waals surface area contributed by atoms with Crippen molar-refractivity contribution in [3.8, 4) is 17.2 Å². The van der Waals surface area contributed by atoms with Crippen molar-refractivity contribution in [2.45, 2.75) is 11.7 Å². The van der Waals surface area contributed by atoms with Crippen LogP contribution in [0.25, 0.3) is 11.5 Å². The van der Waals surface area contributed by atoms with Gasteiger partial charge in [0.15, 0.2) is 0 Å². The Bertz CT molecular complexity index is 814. The van der Waals surface area contributed by atoms with E-state index in [9.17, 15) is 18.3 Å². The normalized spacial score (nSPS) is 18.9. The summed E-state index contributed by atoms with van der Waals surface area (Å²) in [5, 5.41) is 20.9. The molecular weight excluding hydrogens is 312 g/mol. The number of carbonyl (C=O) groups is 1. The van der Waals surface area contributed by atoms with Crippen LogP contribution < -0.4 is 10.0 Å². The van der Waals surface area contributed by atoms with E-state index in [2.05, 4.69) is 10.2 Å². The number of benzene rings is 1. The lowest BCUT2D eigenvalue weighted by atomic mass is 10.2. The Morgan fingerprint density at radius 2 is 1.95 bits per heavy atom. The second kappa shape index (κ2) is 5.07. The van der Waals surface area contributed by atoms with Crippen molar-refractivity contribution in [1.82, 2.24) is 10.2 Å². The van der Waals surface area contributed by atoms with Crippen LogP contribution >= 0.6 is 0 Å². The second-order valence-corrected chi connectivity index (χ2v) is 6.70. The Morgan fingerprint density at radius 3 is 2.55 bits per heavy atom. The van der Waals surface area contributed by atoms with E-state index in [4.69, 9.17) is 9.56 Å². The number of hydrogen-bond donors (Lipinski definition) is 2. The van der Waals surface area contributed by atoms with Crippen molar-refractivity contribution >= 4 is 21.9 Å². The molecule has 1 amide bonds. The summed E-state index contributed by atoms with van der Waals surface area (Å²) >= 11 is 0. The molecule has 22 heavy (non-hydrogen) atoms. The van der Waals surface area contributed by atoms with E-state index in [0.717, 1.165) is 4.90 Å². The van der Waals surface area contributed by atoms with Gasteiger partial charge in [0, 0.05) is 18.5 Å². The Kier molecular flexibility index (Phi) is 3.34. The van der Waals surface area contributed by atoms with Gasteiger partial charge in [0.05, 0.1) is 0 Å². The summed E-state index contributed by atoms with van der Waals surface area (Å²) in [6.45, 7) is -0.116. The van der Waals surface area contributed by atoms with Crippen LogP contribution in [0.5, 0.6) is 5.75 Å². The fourth-order valence-corrected chi connectivity index (χ4v) is 2.86. The molecule has 10 heteroatoms. The molecule has 2 heterocycles. The number of nitrogens with zero attached hydrogens (tertiary/aromatic N) is 3. The Labute approximate surface area is 125 Å². The molecule has 9 nitrogen and oxygen atoms in total. The highest BCUT2D eigenvalue weighted by atomic mass is 32.2. The first-order valence-electron chi connectivity index (χ1n) is 6.29. The molecule has 1 fully saturated rings. The van der Waals surface area contributed by atoms with Gasteiger partial charge in [-0.15, -0.1) is 5.10 Å². The van der Waals surface area contributed by atoms with Crippen LogP contribution in [-0.4, -0.2) is 41.4 Å². The number of sulfonamides is 1. The number of phenolic OH excluding ortho intramolecular Hbond substituents is 1. The number of primary sulfonamides is 1. The minimum atomic E-state index is -3.81. The number of anilines is 1. The minimum absolute atomic E-state index is 0.0841. The maximum absolute atomic E-state index is 11.9.